The SMILES string of the molecule is N=NCc1ccc(C2=CC2)c(C(F)(F)F)c1. The molecule has 1 aliphatic carbocycles. The Labute approximate surface area is 90.3 Å². The molecular weight excluding hydrogens is 217 g/mol. The number of hydrogen-bond donors (Lipinski definition) is 1. The maximum absolute atomic E-state index is 12.8. The molecule has 1 aromatic carbocycles. The van der Waals surface area contributed by atoms with E-state index in [1.54, 1.807) is 12.1 Å². The Bertz CT molecular complexity index is 461. The first-order valence-electron chi connectivity index (χ1n) is 4.75. The number of hydrogen-bond acceptors (Lipinski definition) is 2. The summed E-state index contributed by atoms with van der Waals surface area (Å²) in [6.07, 6.45) is -1.96. The number of nitrogens with one attached hydrogen (secondary N) is 1. The Kier molecular flexibility index (Phi) is 2.53. The Morgan fingerprint density at radius 3 is 2.50 bits per heavy atom. The number of nitrogens with zero attached hydrogens (tertiary/aromatic N) is 1. The lowest BCUT2D eigenvalue weighted by Gasteiger charge is -2.12. The second-order valence-electron chi connectivity index (χ2n) is 3.63. The molecule has 1 aliphatic rings. The van der Waals surface area contributed by atoms with Gasteiger partial charge in [0, 0.05) is 0 Å². The number of benzene rings is 1. The number of alkyl halides is 3. The summed E-state index contributed by atoms with van der Waals surface area (Å²) in [6, 6.07) is 4.12. The van der Waals surface area contributed by atoms with Crippen LogP contribution in [0.3, 0.4) is 0 Å². The molecule has 0 bridgehead atoms. The van der Waals surface area contributed by atoms with Gasteiger partial charge in [-0.1, -0.05) is 18.2 Å². The van der Waals surface area contributed by atoms with Gasteiger partial charge in [0.25, 0.3) is 0 Å². The standard InChI is InChI=1S/C11H9F3N2/c12-11(13,14)10-5-7(6-16-15)1-4-9(10)8-2-3-8/h1-2,4-5,15H,3,6H2. The highest BCUT2D eigenvalue weighted by atomic mass is 19.4. The quantitative estimate of drug-likeness (QED) is 0.755. The van der Waals surface area contributed by atoms with Crippen LogP contribution in [0.15, 0.2) is 29.4 Å². The molecule has 1 aromatic rings. The molecule has 0 fully saturated rings. The van der Waals surface area contributed by atoms with E-state index < -0.39 is 11.7 Å². The first kappa shape index (κ1) is 10.9. The van der Waals surface area contributed by atoms with Crippen LogP contribution in [-0.2, 0) is 12.7 Å². The third-order valence-corrected chi connectivity index (χ3v) is 2.41. The molecule has 0 aromatic heterocycles. The van der Waals surface area contributed by atoms with Crippen molar-refractivity contribution in [3.05, 3.63) is 41.0 Å². The van der Waals surface area contributed by atoms with Crippen LogP contribution in [0.4, 0.5) is 13.2 Å². The van der Waals surface area contributed by atoms with Crippen molar-refractivity contribution in [3.8, 4) is 0 Å². The third-order valence-electron chi connectivity index (χ3n) is 2.41. The number of halogens is 3. The van der Waals surface area contributed by atoms with Gasteiger partial charge in [-0.05, 0) is 29.2 Å². The zero-order valence-electron chi connectivity index (χ0n) is 8.30. The second-order valence-corrected chi connectivity index (χ2v) is 3.63. The van der Waals surface area contributed by atoms with Gasteiger partial charge in [-0.25, -0.2) is 5.53 Å². The molecule has 5 heteroatoms. The molecule has 0 atom stereocenters. The summed E-state index contributed by atoms with van der Waals surface area (Å²) in [5.74, 6) is 0. The van der Waals surface area contributed by atoms with Crippen molar-refractivity contribution in [2.24, 2.45) is 5.11 Å². The van der Waals surface area contributed by atoms with E-state index >= 15 is 0 Å². The molecule has 2 rings (SSSR count). The summed E-state index contributed by atoms with van der Waals surface area (Å²) in [6.45, 7) is -0.0115. The maximum Gasteiger partial charge on any atom is 0.417 e. The van der Waals surface area contributed by atoms with Gasteiger partial charge in [0.2, 0.25) is 0 Å². The van der Waals surface area contributed by atoms with Crippen LogP contribution in [-0.4, -0.2) is 0 Å². The smallest absolute Gasteiger partial charge is 0.210 e. The molecule has 0 saturated carbocycles. The van der Waals surface area contributed by atoms with Crippen LogP contribution in [0.5, 0.6) is 0 Å². The van der Waals surface area contributed by atoms with Crippen LogP contribution in [0.25, 0.3) is 5.57 Å². The van der Waals surface area contributed by atoms with Gasteiger partial charge >= 0.3 is 6.18 Å². The van der Waals surface area contributed by atoms with E-state index in [2.05, 4.69) is 5.11 Å². The van der Waals surface area contributed by atoms with Crippen molar-refractivity contribution in [1.29, 1.82) is 5.53 Å². The largest absolute Gasteiger partial charge is 0.417 e. The summed E-state index contributed by atoms with van der Waals surface area (Å²) >= 11 is 0. The molecule has 0 saturated heterocycles. The molecule has 0 aliphatic heterocycles. The molecule has 0 amide bonds. The third kappa shape index (κ3) is 2.13. The van der Waals surface area contributed by atoms with Crippen LogP contribution in [0.2, 0.25) is 0 Å². The lowest BCUT2D eigenvalue weighted by Crippen LogP contribution is -2.08. The highest BCUT2D eigenvalue weighted by Gasteiger charge is 2.35. The van der Waals surface area contributed by atoms with Crippen molar-refractivity contribution in [3.63, 3.8) is 0 Å². The van der Waals surface area contributed by atoms with Gasteiger partial charge in [-0.2, -0.15) is 18.3 Å². The van der Waals surface area contributed by atoms with Crippen molar-refractivity contribution < 1.29 is 13.2 Å². The Morgan fingerprint density at radius 2 is 2.00 bits per heavy atom. The first-order chi connectivity index (χ1) is 7.52. The van der Waals surface area contributed by atoms with Crippen LogP contribution >= 0.6 is 0 Å². The molecular formula is C11H9F3N2. The van der Waals surface area contributed by atoms with Crippen molar-refractivity contribution >= 4 is 5.57 Å². The number of rotatable bonds is 3. The van der Waals surface area contributed by atoms with Gasteiger partial charge in [0.1, 0.15) is 0 Å². The fourth-order valence-electron chi connectivity index (χ4n) is 1.57. The summed E-state index contributed by atoms with van der Waals surface area (Å²) in [7, 11) is 0. The fourth-order valence-corrected chi connectivity index (χ4v) is 1.57. The zero-order valence-corrected chi connectivity index (χ0v) is 8.30. The van der Waals surface area contributed by atoms with E-state index in [1.165, 1.54) is 6.07 Å². The molecule has 0 spiro atoms. The summed E-state index contributed by atoms with van der Waals surface area (Å²) in [5, 5.41) is 3.09. The Morgan fingerprint density at radius 1 is 1.31 bits per heavy atom. The molecule has 0 radical (unpaired) electrons. The second kappa shape index (κ2) is 3.73. The van der Waals surface area contributed by atoms with Gasteiger partial charge in [0.05, 0.1) is 12.1 Å². The van der Waals surface area contributed by atoms with Crippen molar-refractivity contribution in [2.45, 2.75) is 19.1 Å². The lowest BCUT2D eigenvalue weighted by molar-refractivity contribution is -0.137. The van der Waals surface area contributed by atoms with Gasteiger partial charge < -0.3 is 0 Å². The van der Waals surface area contributed by atoms with Crippen LogP contribution in [0, 0.1) is 5.53 Å². The Hall–Kier alpha value is -1.65. The summed E-state index contributed by atoms with van der Waals surface area (Å²) in [5.41, 5.74) is 7.42. The Balaban J connectivity index is 2.46. The van der Waals surface area contributed by atoms with E-state index in [0.29, 0.717) is 12.0 Å². The average Bonchev–Trinajstić information content (AvgIpc) is 3.00. The monoisotopic (exact) mass is 226 g/mol. The maximum atomic E-state index is 12.8. The van der Waals surface area contributed by atoms with Crippen LogP contribution in [0.1, 0.15) is 23.1 Å². The van der Waals surface area contributed by atoms with E-state index in [0.717, 1.165) is 11.6 Å². The van der Waals surface area contributed by atoms with Gasteiger partial charge in [-0.15, -0.1) is 0 Å². The summed E-state index contributed by atoms with van der Waals surface area (Å²) in [4.78, 5) is 0. The molecule has 16 heavy (non-hydrogen) atoms. The van der Waals surface area contributed by atoms with Crippen LogP contribution < -0.4 is 0 Å². The highest BCUT2D eigenvalue weighted by Crippen LogP contribution is 2.40. The molecule has 0 heterocycles. The van der Waals surface area contributed by atoms with E-state index in [4.69, 9.17) is 5.53 Å². The predicted molar refractivity (Wildman–Crippen MR) is 52.9 cm³/mol. The fraction of sp³-hybridized carbons (Fsp3) is 0.273. The minimum atomic E-state index is -4.35. The highest BCUT2D eigenvalue weighted by molar-refractivity contribution is 5.79. The minimum Gasteiger partial charge on any atom is -0.210 e. The van der Waals surface area contributed by atoms with E-state index in [-0.39, 0.29) is 12.1 Å². The minimum absolute atomic E-state index is 0.0115. The molecule has 0 unspecified atom stereocenters. The van der Waals surface area contributed by atoms with Gasteiger partial charge in [0.15, 0.2) is 0 Å². The lowest BCUT2D eigenvalue weighted by atomic mass is 10.0. The molecule has 1 N–H and O–H groups in total. The average molecular weight is 226 g/mol. The van der Waals surface area contributed by atoms with E-state index in [1.807, 2.05) is 0 Å². The summed E-state index contributed by atoms with van der Waals surface area (Å²) < 4.78 is 38.3. The molecule has 84 valence electrons. The molecule has 2 nitrogen and oxygen atoms in total. The predicted octanol–water partition coefficient (Wildman–Crippen LogP) is 4.02. The van der Waals surface area contributed by atoms with E-state index in [9.17, 15) is 13.2 Å². The zero-order chi connectivity index (χ0) is 11.8. The number of allylic oxidation sites excluding steroid dienone is 2. The normalized spacial score (nSPS) is 14.6. The first-order valence-corrected chi connectivity index (χ1v) is 4.75. The van der Waals surface area contributed by atoms with Crippen molar-refractivity contribution in [1.82, 2.24) is 0 Å². The van der Waals surface area contributed by atoms with Crippen molar-refractivity contribution in [2.75, 3.05) is 0 Å². The topological polar surface area (TPSA) is 36.2 Å². The van der Waals surface area contributed by atoms with Gasteiger partial charge in [-0.3, -0.25) is 0 Å².